The van der Waals surface area contributed by atoms with Crippen molar-refractivity contribution >= 4 is 29.1 Å². The number of thiocarbonyl (C=S) groups is 1. The van der Waals surface area contributed by atoms with E-state index in [9.17, 15) is 9.59 Å². The number of nitrogens with zero attached hydrogens (tertiary/aromatic N) is 1. The number of hydrogen-bond acceptors (Lipinski definition) is 4. The number of carbonyl (C=O) groups excluding carboxylic acids is 2. The van der Waals surface area contributed by atoms with Crippen molar-refractivity contribution in [3.8, 4) is 0 Å². The molecule has 0 unspecified atom stereocenters. The lowest BCUT2D eigenvalue weighted by Crippen LogP contribution is -2.49. The monoisotopic (exact) mass is 290 g/mol. The van der Waals surface area contributed by atoms with Crippen LogP contribution in [-0.2, 0) is 4.79 Å². The number of amides is 2. The van der Waals surface area contributed by atoms with Crippen molar-refractivity contribution in [1.29, 1.82) is 0 Å². The fourth-order valence-electron chi connectivity index (χ4n) is 1.83. The molecule has 1 aromatic carbocycles. The summed E-state index contributed by atoms with van der Waals surface area (Å²) >= 11 is 5.04. The van der Waals surface area contributed by atoms with E-state index < -0.39 is 5.91 Å². The maximum atomic E-state index is 11.9. The highest BCUT2D eigenvalue weighted by molar-refractivity contribution is 7.80. The van der Waals surface area contributed by atoms with Gasteiger partial charge in [0.1, 0.15) is 5.70 Å². The third-order valence-corrected chi connectivity index (χ3v) is 2.93. The van der Waals surface area contributed by atoms with Gasteiger partial charge >= 0.3 is 0 Å². The molecule has 1 aliphatic rings. The van der Waals surface area contributed by atoms with Crippen LogP contribution < -0.4 is 16.5 Å². The Bertz CT molecular complexity index is 571. The molecule has 20 heavy (non-hydrogen) atoms. The van der Waals surface area contributed by atoms with E-state index in [-0.39, 0.29) is 11.0 Å². The fourth-order valence-corrected chi connectivity index (χ4v) is 2.03. The van der Waals surface area contributed by atoms with Gasteiger partial charge in [-0.25, -0.2) is 0 Å². The molecule has 0 saturated carbocycles. The number of hydrogen-bond donors (Lipinski definition) is 3. The maximum Gasteiger partial charge on any atom is 0.266 e. The molecule has 104 valence electrons. The second-order valence-corrected chi connectivity index (χ2v) is 4.56. The first kappa shape index (κ1) is 14.0. The smallest absolute Gasteiger partial charge is 0.266 e. The van der Waals surface area contributed by atoms with Gasteiger partial charge in [0.05, 0.1) is 0 Å². The molecule has 1 aliphatic heterocycles. The van der Waals surface area contributed by atoms with Crippen LogP contribution in [0, 0.1) is 0 Å². The van der Waals surface area contributed by atoms with Crippen LogP contribution in [0.5, 0.6) is 0 Å². The predicted octanol–water partition coefficient (Wildman–Crippen LogP) is 0.281. The van der Waals surface area contributed by atoms with Crippen LogP contribution in [-0.4, -0.2) is 28.5 Å². The number of benzene rings is 1. The van der Waals surface area contributed by atoms with Crippen LogP contribution in [0.1, 0.15) is 16.8 Å². The summed E-state index contributed by atoms with van der Waals surface area (Å²) < 4.78 is 0. The maximum absolute atomic E-state index is 11.9. The highest BCUT2D eigenvalue weighted by Gasteiger charge is 2.20. The van der Waals surface area contributed by atoms with Crippen molar-refractivity contribution in [2.45, 2.75) is 6.42 Å². The van der Waals surface area contributed by atoms with E-state index in [0.29, 0.717) is 24.2 Å². The Morgan fingerprint density at radius 3 is 2.60 bits per heavy atom. The van der Waals surface area contributed by atoms with Gasteiger partial charge in [0.15, 0.2) is 5.11 Å². The van der Waals surface area contributed by atoms with Gasteiger partial charge in [-0.15, -0.1) is 0 Å². The second kappa shape index (κ2) is 6.16. The Kier molecular flexibility index (Phi) is 4.31. The van der Waals surface area contributed by atoms with E-state index in [1.807, 2.05) is 6.07 Å². The van der Waals surface area contributed by atoms with E-state index in [0.717, 1.165) is 0 Å². The van der Waals surface area contributed by atoms with E-state index in [4.69, 9.17) is 18.0 Å². The number of primary amides is 1. The number of nitrogens with one attached hydrogen (secondary N) is 2. The lowest BCUT2D eigenvalue weighted by Gasteiger charge is -2.22. The Labute approximate surface area is 121 Å². The Morgan fingerprint density at radius 1 is 1.25 bits per heavy atom. The van der Waals surface area contributed by atoms with Gasteiger partial charge in [0.25, 0.3) is 11.8 Å². The molecule has 4 N–H and O–H groups in total. The minimum Gasteiger partial charge on any atom is -0.364 e. The van der Waals surface area contributed by atoms with Crippen LogP contribution in [0.4, 0.5) is 0 Å². The average Bonchev–Trinajstić information content (AvgIpc) is 2.87. The van der Waals surface area contributed by atoms with Gasteiger partial charge in [-0.05, 0) is 30.8 Å². The topological polar surface area (TPSA) is 87.5 Å². The zero-order valence-electron chi connectivity index (χ0n) is 10.6. The van der Waals surface area contributed by atoms with Crippen molar-refractivity contribution in [2.75, 3.05) is 6.54 Å². The van der Waals surface area contributed by atoms with Crippen LogP contribution in [0.25, 0.3) is 0 Å². The number of carbonyl (C=O) groups is 2. The molecule has 1 heterocycles. The molecule has 0 saturated heterocycles. The molecule has 0 aromatic heterocycles. The normalized spacial score (nSPS) is 13.6. The number of hydrazine groups is 1. The summed E-state index contributed by atoms with van der Waals surface area (Å²) in [4.78, 5) is 23.1. The predicted molar refractivity (Wildman–Crippen MR) is 78.2 cm³/mol. The van der Waals surface area contributed by atoms with Crippen molar-refractivity contribution < 1.29 is 9.59 Å². The minimum atomic E-state index is -0.535. The van der Waals surface area contributed by atoms with Gasteiger partial charge in [0.2, 0.25) is 0 Å². The first-order valence-corrected chi connectivity index (χ1v) is 6.43. The summed E-state index contributed by atoms with van der Waals surface area (Å²) in [5, 5.41) is 4.19. The third kappa shape index (κ3) is 3.33. The lowest BCUT2D eigenvalue weighted by molar-refractivity contribution is -0.116. The summed E-state index contributed by atoms with van der Waals surface area (Å²) in [5.41, 5.74) is 8.86. The Hall–Kier alpha value is -2.41. The van der Waals surface area contributed by atoms with Gasteiger partial charge < -0.3 is 5.73 Å². The van der Waals surface area contributed by atoms with Crippen LogP contribution in [0.15, 0.2) is 42.1 Å². The van der Waals surface area contributed by atoms with Crippen LogP contribution in [0.2, 0.25) is 0 Å². The Morgan fingerprint density at radius 2 is 1.95 bits per heavy atom. The fraction of sp³-hybridized carbons (Fsp3) is 0.154. The minimum absolute atomic E-state index is 0.118. The molecule has 6 nitrogen and oxygen atoms in total. The van der Waals surface area contributed by atoms with E-state index in [2.05, 4.69) is 10.7 Å². The molecule has 2 rings (SSSR count). The van der Waals surface area contributed by atoms with E-state index in [1.165, 1.54) is 5.01 Å². The quantitative estimate of drug-likeness (QED) is 0.696. The van der Waals surface area contributed by atoms with Gasteiger partial charge in [-0.3, -0.25) is 25.3 Å². The SMILES string of the molecule is NC(=O)C1=CCCN1NC(=S)NC(=O)c1ccccc1. The number of rotatable bonds is 3. The van der Waals surface area contributed by atoms with Crippen molar-refractivity contribution in [2.24, 2.45) is 5.73 Å². The molecular formula is C13H14N4O2S. The molecule has 0 spiro atoms. The Balaban J connectivity index is 1.92. The standard InChI is InChI=1S/C13H14N4O2S/c14-11(18)10-7-4-8-17(10)16-13(20)15-12(19)9-5-2-1-3-6-9/h1-3,5-7H,4,8H2,(H2,14,18)(H2,15,16,19,20). The molecule has 0 atom stereocenters. The van der Waals surface area contributed by atoms with Crippen molar-refractivity contribution in [1.82, 2.24) is 15.8 Å². The van der Waals surface area contributed by atoms with Crippen molar-refractivity contribution in [3.05, 3.63) is 47.7 Å². The van der Waals surface area contributed by atoms with E-state index >= 15 is 0 Å². The average molecular weight is 290 g/mol. The van der Waals surface area contributed by atoms with Crippen LogP contribution >= 0.6 is 12.2 Å². The van der Waals surface area contributed by atoms with E-state index in [1.54, 1.807) is 30.3 Å². The summed E-state index contributed by atoms with van der Waals surface area (Å²) in [6.45, 7) is 0.569. The third-order valence-electron chi connectivity index (χ3n) is 2.73. The summed E-state index contributed by atoms with van der Waals surface area (Å²) in [7, 11) is 0. The zero-order valence-corrected chi connectivity index (χ0v) is 11.4. The van der Waals surface area contributed by atoms with Crippen LogP contribution in [0.3, 0.4) is 0 Å². The first-order chi connectivity index (χ1) is 9.58. The van der Waals surface area contributed by atoms with Gasteiger partial charge in [-0.2, -0.15) is 0 Å². The van der Waals surface area contributed by atoms with Crippen molar-refractivity contribution in [3.63, 3.8) is 0 Å². The largest absolute Gasteiger partial charge is 0.364 e. The molecule has 0 bridgehead atoms. The lowest BCUT2D eigenvalue weighted by atomic mass is 10.2. The molecule has 0 fully saturated rings. The highest BCUT2D eigenvalue weighted by atomic mass is 32.1. The van der Waals surface area contributed by atoms with Gasteiger partial charge in [0, 0.05) is 12.1 Å². The number of nitrogens with two attached hydrogens (primary N) is 1. The molecule has 2 amide bonds. The second-order valence-electron chi connectivity index (χ2n) is 4.16. The molecular weight excluding hydrogens is 276 g/mol. The molecule has 0 aliphatic carbocycles. The highest BCUT2D eigenvalue weighted by Crippen LogP contribution is 2.11. The van der Waals surface area contributed by atoms with Gasteiger partial charge in [-0.1, -0.05) is 24.3 Å². The molecule has 0 radical (unpaired) electrons. The first-order valence-electron chi connectivity index (χ1n) is 6.02. The molecule has 1 aromatic rings. The summed E-state index contributed by atoms with van der Waals surface area (Å²) in [6.07, 6.45) is 2.41. The summed E-state index contributed by atoms with van der Waals surface area (Å²) in [6, 6.07) is 8.71. The summed E-state index contributed by atoms with van der Waals surface area (Å²) in [5.74, 6) is -0.848. The zero-order chi connectivity index (χ0) is 14.5. The molecule has 7 heteroatoms.